The Hall–Kier alpha value is -2.11. The molecule has 0 aliphatic rings. The van der Waals surface area contributed by atoms with Crippen molar-refractivity contribution in [2.24, 2.45) is 0 Å². The predicted molar refractivity (Wildman–Crippen MR) is 142 cm³/mol. The van der Waals surface area contributed by atoms with Crippen LogP contribution in [0.3, 0.4) is 0 Å². The van der Waals surface area contributed by atoms with Crippen LogP contribution in [0.4, 0.5) is 0 Å². The molecule has 3 aromatic rings. The summed E-state index contributed by atoms with van der Waals surface area (Å²) in [6.07, 6.45) is 0. The van der Waals surface area contributed by atoms with Crippen LogP contribution in [-0.4, -0.2) is 0 Å². The minimum atomic E-state index is -2.99. The second-order valence-electron chi connectivity index (χ2n) is 12.0. The normalized spacial score (nSPS) is 13.3. The van der Waals surface area contributed by atoms with E-state index in [0.717, 1.165) is 15.9 Å². The minimum absolute atomic E-state index is 0.0607. The van der Waals surface area contributed by atoms with Crippen LogP contribution >= 0.6 is 7.14 Å². The highest BCUT2D eigenvalue weighted by molar-refractivity contribution is 7.85. The fourth-order valence-electron chi connectivity index (χ4n) is 3.96. The summed E-state index contributed by atoms with van der Waals surface area (Å²) >= 11 is 0. The molecular weight excluding hydrogens is 407 g/mol. The summed E-state index contributed by atoms with van der Waals surface area (Å²) in [6, 6.07) is 25.2. The van der Waals surface area contributed by atoms with E-state index in [1.807, 2.05) is 0 Å². The zero-order chi connectivity index (χ0) is 23.9. The lowest BCUT2D eigenvalue weighted by Crippen LogP contribution is -2.26. The van der Waals surface area contributed by atoms with E-state index in [4.69, 9.17) is 0 Å². The van der Waals surface area contributed by atoms with Crippen molar-refractivity contribution in [1.29, 1.82) is 0 Å². The predicted octanol–water partition coefficient (Wildman–Crippen LogP) is 7.22. The molecule has 32 heavy (non-hydrogen) atoms. The van der Waals surface area contributed by atoms with E-state index in [1.54, 1.807) is 0 Å². The van der Waals surface area contributed by atoms with Gasteiger partial charge in [0.15, 0.2) is 7.14 Å². The van der Waals surface area contributed by atoms with Crippen LogP contribution in [0.15, 0.2) is 72.8 Å². The molecule has 0 N–H and O–H groups in total. The summed E-state index contributed by atoms with van der Waals surface area (Å²) in [6.45, 7) is 19.9. The van der Waals surface area contributed by atoms with Gasteiger partial charge in [0.2, 0.25) is 0 Å². The summed E-state index contributed by atoms with van der Waals surface area (Å²) in [5.74, 6) is 0. The summed E-state index contributed by atoms with van der Waals surface area (Å²) in [5, 5.41) is 2.66. The lowest BCUT2D eigenvalue weighted by molar-refractivity contribution is 0.587. The van der Waals surface area contributed by atoms with E-state index < -0.39 is 7.14 Å². The van der Waals surface area contributed by atoms with E-state index in [2.05, 4.69) is 135 Å². The van der Waals surface area contributed by atoms with E-state index in [0.29, 0.717) is 0 Å². The Bertz CT molecular complexity index is 952. The molecule has 0 amide bonds. The van der Waals surface area contributed by atoms with E-state index in [-0.39, 0.29) is 16.2 Å². The molecule has 2 heteroatoms. The Balaban J connectivity index is 2.18. The third-order valence-corrected chi connectivity index (χ3v) is 9.37. The molecule has 3 rings (SSSR count). The summed E-state index contributed by atoms with van der Waals surface area (Å²) in [5.41, 5.74) is 3.93. The molecule has 0 unspecified atom stereocenters. The van der Waals surface area contributed by atoms with Crippen molar-refractivity contribution < 1.29 is 4.57 Å². The Morgan fingerprint density at radius 3 is 0.750 bits per heavy atom. The molecule has 0 radical (unpaired) electrons. The maximum atomic E-state index is 14.9. The largest absolute Gasteiger partial charge is 0.309 e. The molecule has 170 valence electrons. The number of rotatable bonds is 3. The van der Waals surface area contributed by atoms with Gasteiger partial charge >= 0.3 is 0 Å². The summed E-state index contributed by atoms with van der Waals surface area (Å²) in [4.78, 5) is 0. The molecule has 0 spiro atoms. The Morgan fingerprint density at radius 2 is 0.594 bits per heavy atom. The molecule has 0 saturated carbocycles. The van der Waals surface area contributed by atoms with Gasteiger partial charge in [-0.05, 0) is 32.9 Å². The van der Waals surface area contributed by atoms with Gasteiger partial charge in [-0.2, -0.15) is 0 Å². The van der Waals surface area contributed by atoms with E-state index >= 15 is 0 Å². The topological polar surface area (TPSA) is 17.1 Å². The first-order valence-electron chi connectivity index (χ1n) is 11.6. The van der Waals surface area contributed by atoms with Crippen molar-refractivity contribution in [1.82, 2.24) is 0 Å². The van der Waals surface area contributed by atoms with Crippen LogP contribution in [0.1, 0.15) is 79.0 Å². The van der Waals surface area contributed by atoms with E-state index in [9.17, 15) is 4.57 Å². The highest BCUT2D eigenvalue weighted by atomic mass is 31.2. The van der Waals surface area contributed by atoms with Crippen LogP contribution in [-0.2, 0) is 20.8 Å². The first kappa shape index (κ1) is 24.5. The van der Waals surface area contributed by atoms with Gasteiger partial charge in [0.25, 0.3) is 0 Å². The number of hydrogen-bond donors (Lipinski definition) is 0. The van der Waals surface area contributed by atoms with Crippen LogP contribution in [0.2, 0.25) is 0 Å². The molecule has 0 aliphatic heterocycles. The molecule has 1 nitrogen and oxygen atoms in total. The second-order valence-corrected chi connectivity index (χ2v) is 14.8. The van der Waals surface area contributed by atoms with Gasteiger partial charge in [0, 0.05) is 15.9 Å². The zero-order valence-electron chi connectivity index (χ0n) is 21.3. The van der Waals surface area contributed by atoms with Gasteiger partial charge in [-0.25, -0.2) is 0 Å². The lowest BCUT2D eigenvalue weighted by Gasteiger charge is -2.25. The van der Waals surface area contributed by atoms with Gasteiger partial charge < -0.3 is 4.57 Å². The molecule has 0 heterocycles. The van der Waals surface area contributed by atoms with Crippen LogP contribution < -0.4 is 15.9 Å². The Labute approximate surface area is 195 Å². The minimum Gasteiger partial charge on any atom is -0.309 e. The maximum Gasteiger partial charge on any atom is 0.171 e. The Morgan fingerprint density at radius 1 is 0.406 bits per heavy atom. The SMILES string of the molecule is CC(C)(C)c1ccc(P(=O)(c2ccc(C(C)(C)C)cc2)c2ccc(C(C)(C)C)cc2)cc1. The van der Waals surface area contributed by atoms with Crippen LogP contribution in [0.5, 0.6) is 0 Å². The van der Waals surface area contributed by atoms with Crippen molar-refractivity contribution in [3.8, 4) is 0 Å². The number of benzene rings is 3. The average Bonchev–Trinajstić information content (AvgIpc) is 2.71. The molecule has 3 aromatic carbocycles. The van der Waals surface area contributed by atoms with Gasteiger partial charge in [0.05, 0.1) is 0 Å². The molecule has 0 fully saturated rings. The highest BCUT2D eigenvalue weighted by Crippen LogP contribution is 2.43. The molecule has 0 aromatic heterocycles. The smallest absolute Gasteiger partial charge is 0.171 e. The van der Waals surface area contributed by atoms with Crippen LogP contribution in [0.25, 0.3) is 0 Å². The molecule has 0 aliphatic carbocycles. The van der Waals surface area contributed by atoms with Crippen molar-refractivity contribution in [2.75, 3.05) is 0 Å². The fourth-order valence-corrected chi connectivity index (χ4v) is 6.56. The third-order valence-electron chi connectivity index (χ3n) is 6.29. The molecule has 0 bridgehead atoms. The monoisotopic (exact) mass is 446 g/mol. The van der Waals surface area contributed by atoms with Crippen molar-refractivity contribution in [3.63, 3.8) is 0 Å². The third kappa shape index (κ3) is 4.94. The maximum absolute atomic E-state index is 14.9. The molecule has 0 atom stereocenters. The van der Waals surface area contributed by atoms with Crippen molar-refractivity contribution in [3.05, 3.63) is 89.5 Å². The highest BCUT2D eigenvalue weighted by Gasteiger charge is 2.31. The number of hydrogen-bond acceptors (Lipinski definition) is 1. The fraction of sp³-hybridized carbons (Fsp3) is 0.400. The standard InChI is InChI=1S/C30H39OP/c1-28(2,3)22-10-16-25(17-11-22)32(31,26-18-12-23(13-19-26)29(4,5)6)27-20-14-24(15-21-27)30(7,8)9/h10-21H,1-9H3. The van der Waals surface area contributed by atoms with Crippen LogP contribution in [0, 0.1) is 0 Å². The first-order valence-corrected chi connectivity index (χ1v) is 13.3. The van der Waals surface area contributed by atoms with Gasteiger partial charge in [-0.3, -0.25) is 0 Å². The quantitative estimate of drug-likeness (QED) is 0.388. The molecule has 0 saturated heterocycles. The second kappa shape index (κ2) is 8.35. The van der Waals surface area contributed by atoms with Gasteiger partial charge in [-0.15, -0.1) is 0 Å². The summed E-state index contributed by atoms with van der Waals surface area (Å²) in [7, 11) is -2.99. The van der Waals surface area contributed by atoms with Gasteiger partial charge in [-0.1, -0.05) is 135 Å². The van der Waals surface area contributed by atoms with Crippen molar-refractivity contribution in [2.45, 2.75) is 78.6 Å². The van der Waals surface area contributed by atoms with Crippen molar-refractivity contribution >= 4 is 23.1 Å². The Kier molecular flexibility index (Phi) is 6.40. The van der Waals surface area contributed by atoms with Gasteiger partial charge in [0.1, 0.15) is 0 Å². The zero-order valence-corrected chi connectivity index (χ0v) is 22.2. The average molecular weight is 447 g/mol. The molecular formula is C30H39OP. The first-order chi connectivity index (χ1) is 14.6. The summed E-state index contributed by atoms with van der Waals surface area (Å²) < 4.78 is 14.9. The lowest BCUT2D eigenvalue weighted by atomic mass is 9.87. The van der Waals surface area contributed by atoms with E-state index in [1.165, 1.54) is 16.7 Å².